The van der Waals surface area contributed by atoms with Gasteiger partial charge in [0.25, 0.3) is 5.91 Å². The van der Waals surface area contributed by atoms with E-state index in [1.807, 2.05) is 0 Å². The maximum atomic E-state index is 13.3. The molecule has 1 fully saturated rings. The van der Waals surface area contributed by atoms with Crippen molar-refractivity contribution in [1.29, 1.82) is 0 Å². The number of amides is 1. The summed E-state index contributed by atoms with van der Waals surface area (Å²) in [5, 5.41) is 12.2. The largest absolute Gasteiger partial charge is 0.481 e. The molecule has 2 rings (SSSR count). The minimum atomic E-state index is -0.844. The first-order chi connectivity index (χ1) is 9.56. The lowest BCUT2D eigenvalue weighted by atomic mass is 10.1. The third kappa shape index (κ3) is 3.90. The summed E-state index contributed by atoms with van der Waals surface area (Å²) in [6, 6.07) is 2.89. The van der Waals surface area contributed by atoms with E-state index < -0.39 is 17.5 Å². The van der Waals surface area contributed by atoms with Crippen LogP contribution in [0.1, 0.15) is 19.3 Å². The normalized spacial score (nSPS) is 21.8. The molecule has 4 nitrogen and oxygen atoms in total. The molecular weight excluding hydrogens is 268 g/mol. The lowest BCUT2D eigenvalue weighted by molar-refractivity contribution is -0.123. The monoisotopic (exact) mass is 285 g/mol. The Morgan fingerprint density at radius 1 is 1.40 bits per heavy atom. The quantitative estimate of drug-likeness (QED) is 0.864. The van der Waals surface area contributed by atoms with Crippen molar-refractivity contribution in [3.05, 3.63) is 29.8 Å². The predicted molar refractivity (Wildman–Crippen MR) is 68.2 cm³/mol. The van der Waals surface area contributed by atoms with E-state index >= 15 is 0 Å². The number of benzene rings is 1. The lowest BCUT2D eigenvalue weighted by Gasteiger charge is -2.15. The number of ether oxygens (including phenoxy) is 1. The number of aliphatic hydroxyl groups is 1. The molecule has 0 aromatic heterocycles. The zero-order valence-electron chi connectivity index (χ0n) is 10.9. The van der Waals surface area contributed by atoms with Crippen molar-refractivity contribution >= 4 is 5.91 Å². The summed E-state index contributed by atoms with van der Waals surface area (Å²) in [7, 11) is 0. The number of nitrogens with one attached hydrogen (secondary N) is 1. The first kappa shape index (κ1) is 14.7. The Bertz CT molecular complexity index is 481. The Hall–Kier alpha value is -1.69. The third-order valence-corrected chi connectivity index (χ3v) is 3.43. The maximum Gasteiger partial charge on any atom is 0.257 e. The fraction of sp³-hybridized carbons (Fsp3) is 0.500. The van der Waals surface area contributed by atoms with Crippen molar-refractivity contribution < 1.29 is 23.4 Å². The molecule has 1 aromatic rings. The summed E-state index contributed by atoms with van der Waals surface area (Å²) < 4.78 is 30.9. The summed E-state index contributed by atoms with van der Waals surface area (Å²) in [6.07, 6.45) is 2.23. The highest BCUT2D eigenvalue weighted by Gasteiger charge is 2.25. The first-order valence-corrected chi connectivity index (χ1v) is 6.59. The van der Waals surface area contributed by atoms with Crippen LogP contribution in [0, 0.1) is 17.6 Å². The van der Waals surface area contributed by atoms with Gasteiger partial charge in [-0.25, -0.2) is 8.78 Å². The molecule has 20 heavy (non-hydrogen) atoms. The number of aliphatic hydroxyl groups excluding tert-OH is 1. The van der Waals surface area contributed by atoms with Crippen LogP contribution in [0.4, 0.5) is 8.78 Å². The Morgan fingerprint density at radius 3 is 2.85 bits per heavy atom. The van der Waals surface area contributed by atoms with Crippen molar-refractivity contribution in [2.24, 2.45) is 5.92 Å². The predicted octanol–water partition coefficient (Wildman–Crippen LogP) is 1.62. The van der Waals surface area contributed by atoms with Gasteiger partial charge in [0.1, 0.15) is 5.82 Å². The fourth-order valence-corrected chi connectivity index (χ4v) is 2.29. The van der Waals surface area contributed by atoms with E-state index in [0.29, 0.717) is 12.6 Å². The minimum absolute atomic E-state index is 0.0708. The van der Waals surface area contributed by atoms with Gasteiger partial charge in [-0.05, 0) is 25.0 Å². The molecule has 1 aliphatic rings. The van der Waals surface area contributed by atoms with Crippen LogP contribution in [0.25, 0.3) is 0 Å². The highest BCUT2D eigenvalue weighted by atomic mass is 19.1. The molecule has 1 aromatic carbocycles. The maximum absolute atomic E-state index is 13.3. The van der Waals surface area contributed by atoms with E-state index in [1.165, 1.54) is 0 Å². The van der Waals surface area contributed by atoms with E-state index in [1.54, 1.807) is 0 Å². The van der Waals surface area contributed by atoms with E-state index in [0.717, 1.165) is 31.4 Å². The number of hydrogen-bond donors (Lipinski definition) is 2. The van der Waals surface area contributed by atoms with Gasteiger partial charge in [-0.15, -0.1) is 0 Å². The van der Waals surface area contributed by atoms with Gasteiger partial charge in [0.05, 0.1) is 6.10 Å². The second-order valence-corrected chi connectivity index (χ2v) is 4.93. The van der Waals surface area contributed by atoms with Gasteiger partial charge in [-0.2, -0.15) is 0 Å². The average Bonchev–Trinajstić information content (AvgIpc) is 2.81. The molecule has 1 amide bonds. The average molecular weight is 285 g/mol. The minimum Gasteiger partial charge on any atom is -0.481 e. The van der Waals surface area contributed by atoms with Gasteiger partial charge in [0.2, 0.25) is 0 Å². The second kappa shape index (κ2) is 6.65. The number of halogens is 2. The molecule has 0 heterocycles. The van der Waals surface area contributed by atoms with Gasteiger partial charge >= 0.3 is 0 Å². The van der Waals surface area contributed by atoms with E-state index in [2.05, 4.69) is 5.32 Å². The SMILES string of the molecule is O=C(COc1ccc(F)cc1F)NCC1CCCC1O. The van der Waals surface area contributed by atoms with Gasteiger partial charge in [-0.3, -0.25) is 4.79 Å². The van der Waals surface area contributed by atoms with Crippen LogP contribution < -0.4 is 10.1 Å². The van der Waals surface area contributed by atoms with Crippen LogP contribution in [-0.4, -0.2) is 30.3 Å². The molecule has 0 bridgehead atoms. The molecule has 2 unspecified atom stereocenters. The molecule has 0 spiro atoms. The molecule has 6 heteroatoms. The van der Waals surface area contributed by atoms with Crippen LogP contribution in [0.15, 0.2) is 18.2 Å². The summed E-state index contributed by atoms with van der Waals surface area (Å²) in [6.45, 7) is 0.0423. The Balaban J connectivity index is 1.74. The van der Waals surface area contributed by atoms with Gasteiger partial charge in [-0.1, -0.05) is 6.42 Å². The fourth-order valence-electron chi connectivity index (χ4n) is 2.29. The van der Waals surface area contributed by atoms with Gasteiger partial charge in [0.15, 0.2) is 18.2 Å². The molecule has 0 radical (unpaired) electrons. The van der Waals surface area contributed by atoms with E-state index in [-0.39, 0.29) is 24.4 Å². The van der Waals surface area contributed by atoms with Crippen molar-refractivity contribution in [1.82, 2.24) is 5.32 Å². The highest BCUT2D eigenvalue weighted by molar-refractivity contribution is 5.77. The van der Waals surface area contributed by atoms with Crippen LogP contribution in [0.2, 0.25) is 0 Å². The van der Waals surface area contributed by atoms with E-state index in [9.17, 15) is 18.7 Å². The number of hydrogen-bond acceptors (Lipinski definition) is 3. The molecule has 0 saturated heterocycles. The summed E-state index contributed by atoms with van der Waals surface area (Å²) in [4.78, 5) is 11.5. The zero-order chi connectivity index (χ0) is 14.5. The van der Waals surface area contributed by atoms with Crippen LogP contribution >= 0.6 is 0 Å². The number of carbonyl (C=O) groups is 1. The Labute approximate surface area is 115 Å². The lowest BCUT2D eigenvalue weighted by Crippen LogP contribution is -2.35. The first-order valence-electron chi connectivity index (χ1n) is 6.59. The molecule has 110 valence electrons. The van der Waals surface area contributed by atoms with E-state index in [4.69, 9.17) is 4.74 Å². The molecule has 2 N–H and O–H groups in total. The number of rotatable bonds is 5. The summed E-state index contributed by atoms with van der Waals surface area (Å²) in [5.41, 5.74) is 0. The molecule has 1 saturated carbocycles. The van der Waals surface area contributed by atoms with Crippen molar-refractivity contribution in [3.63, 3.8) is 0 Å². The van der Waals surface area contributed by atoms with Crippen molar-refractivity contribution in [2.45, 2.75) is 25.4 Å². The Kier molecular flexibility index (Phi) is 4.89. The van der Waals surface area contributed by atoms with Crippen molar-refractivity contribution in [3.8, 4) is 5.75 Å². The summed E-state index contributed by atoms with van der Waals surface area (Å²) >= 11 is 0. The van der Waals surface area contributed by atoms with Crippen LogP contribution in [-0.2, 0) is 4.79 Å². The van der Waals surface area contributed by atoms with Crippen LogP contribution in [0.3, 0.4) is 0 Å². The smallest absolute Gasteiger partial charge is 0.257 e. The number of carbonyl (C=O) groups excluding carboxylic acids is 1. The standard InChI is InChI=1S/C14H17F2NO3/c15-10-4-5-13(11(16)6-10)20-8-14(19)17-7-9-2-1-3-12(9)18/h4-6,9,12,18H,1-3,7-8H2,(H,17,19). The molecular formula is C14H17F2NO3. The topological polar surface area (TPSA) is 58.6 Å². The molecule has 0 aliphatic heterocycles. The summed E-state index contributed by atoms with van der Waals surface area (Å²) in [5.74, 6) is -2.03. The third-order valence-electron chi connectivity index (χ3n) is 3.43. The highest BCUT2D eigenvalue weighted by Crippen LogP contribution is 2.24. The van der Waals surface area contributed by atoms with Crippen LogP contribution in [0.5, 0.6) is 5.75 Å². The van der Waals surface area contributed by atoms with Gasteiger partial charge < -0.3 is 15.2 Å². The van der Waals surface area contributed by atoms with Gasteiger partial charge in [0, 0.05) is 18.5 Å². The Morgan fingerprint density at radius 2 is 2.20 bits per heavy atom. The molecule has 2 atom stereocenters. The molecule has 1 aliphatic carbocycles. The zero-order valence-corrected chi connectivity index (χ0v) is 10.9. The van der Waals surface area contributed by atoms with Crippen molar-refractivity contribution in [2.75, 3.05) is 13.2 Å². The second-order valence-electron chi connectivity index (χ2n) is 4.93.